The first-order valence-corrected chi connectivity index (χ1v) is 10.0. The van der Waals surface area contributed by atoms with Crippen LogP contribution in [0.2, 0.25) is 0 Å². The van der Waals surface area contributed by atoms with Gasteiger partial charge in [-0.05, 0) is 44.1 Å². The van der Waals surface area contributed by atoms with Crippen LogP contribution in [0.4, 0.5) is 0 Å². The molecule has 1 saturated heterocycles. The van der Waals surface area contributed by atoms with Gasteiger partial charge in [0.05, 0.1) is 6.04 Å². The lowest BCUT2D eigenvalue weighted by molar-refractivity contribution is -0.117. The molecule has 0 bridgehead atoms. The number of piperidine rings is 1. The number of nitrogens with zero attached hydrogens (tertiary/aromatic N) is 3. The third-order valence-electron chi connectivity index (χ3n) is 5.50. The molecule has 0 spiro atoms. The summed E-state index contributed by atoms with van der Waals surface area (Å²) in [7, 11) is 4.07. The van der Waals surface area contributed by atoms with Crippen LogP contribution in [0.25, 0.3) is 0 Å². The lowest BCUT2D eigenvalue weighted by Gasteiger charge is -2.34. The Labute approximate surface area is 173 Å². The smallest absolute Gasteiger partial charge is 0.264 e. The highest BCUT2D eigenvalue weighted by molar-refractivity contribution is 5.97. The van der Waals surface area contributed by atoms with Crippen LogP contribution in [0, 0.1) is 11.3 Å². The molecule has 3 rings (SSSR count). The van der Waals surface area contributed by atoms with Gasteiger partial charge in [0.1, 0.15) is 11.6 Å². The first-order valence-electron chi connectivity index (χ1n) is 10.0. The molecule has 1 amide bonds. The summed E-state index contributed by atoms with van der Waals surface area (Å²) < 4.78 is 0. The summed E-state index contributed by atoms with van der Waals surface area (Å²) >= 11 is 0. The number of nitrogens with one attached hydrogen (secondary N) is 1. The minimum absolute atomic E-state index is 0.128. The van der Waals surface area contributed by atoms with E-state index in [4.69, 9.17) is 0 Å². The van der Waals surface area contributed by atoms with Crippen molar-refractivity contribution in [2.24, 2.45) is 0 Å². The molecule has 2 aromatic carbocycles. The second kappa shape index (κ2) is 9.90. The summed E-state index contributed by atoms with van der Waals surface area (Å²) in [6.07, 6.45) is 3.75. The molecule has 29 heavy (non-hydrogen) atoms. The minimum atomic E-state index is -0.356. The Morgan fingerprint density at radius 2 is 1.62 bits per heavy atom. The predicted octanol–water partition coefficient (Wildman–Crippen LogP) is 3.33. The van der Waals surface area contributed by atoms with Gasteiger partial charge < -0.3 is 15.1 Å². The standard InChI is InChI=1S/C24H28N4O/c1-27-15-13-22(14-16-27)28(2)18-21(17-25)24(29)26-23(19-9-5-3-6-10-19)20-11-7-4-8-12-20/h3-12,18,22-23H,13-16H2,1-2H3,(H,26,29)/b21-18-. The highest BCUT2D eigenvalue weighted by atomic mass is 16.1. The van der Waals surface area contributed by atoms with E-state index in [0.717, 1.165) is 37.1 Å². The molecule has 0 aliphatic carbocycles. The summed E-state index contributed by atoms with van der Waals surface area (Å²) in [6.45, 7) is 2.06. The van der Waals surface area contributed by atoms with Crippen molar-refractivity contribution in [3.8, 4) is 6.07 Å². The van der Waals surface area contributed by atoms with Gasteiger partial charge in [-0.2, -0.15) is 5.26 Å². The van der Waals surface area contributed by atoms with Crippen molar-refractivity contribution in [3.05, 3.63) is 83.6 Å². The van der Waals surface area contributed by atoms with Gasteiger partial charge in [0.2, 0.25) is 0 Å². The fourth-order valence-corrected chi connectivity index (χ4v) is 3.71. The average molecular weight is 389 g/mol. The molecule has 2 aromatic rings. The summed E-state index contributed by atoms with van der Waals surface area (Å²) in [5.41, 5.74) is 2.09. The molecule has 0 unspecified atom stereocenters. The Morgan fingerprint density at radius 1 is 1.10 bits per heavy atom. The van der Waals surface area contributed by atoms with E-state index in [1.807, 2.05) is 72.6 Å². The van der Waals surface area contributed by atoms with Crippen LogP contribution in [0.5, 0.6) is 0 Å². The van der Waals surface area contributed by atoms with Crippen molar-refractivity contribution < 1.29 is 4.79 Å². The number of hydrogen-bond donors (Lipinski definition) is 1. The van der Waals surface area contributed by atoms with Crippen LogP contribution in [0.3, 0.4) is 0 Å². The highest BCUT2D eigenvalue weighted by Gasteiger charge is 2.22. The molecule has 1 fully saturated rings. The normalized spacial score (nSPS) is 15.7. The first-order chi connectivity index (χ1) is 14.1. The molecule has 5 heteroatoms. The number of carbonyl (C=O) groups is 1. The van der Waals surface area contributed by atoms with Crippen molar-refractivity contribution in [3.63, 3.8) is 0 Å². The zero-order chi connectivity index (χ0) is 20.6. The molecule has 0 radical (unpaired) electrons. The summed E-state index contributed by atoms with van der Waals surface area (Å²) in [4.78, 5) is 17.3. The van der Waals surface area contributed by atoms with Gasteiger partial charge in [-0.25, -0.2) is 0 Å². The summed E-state index contributed by atoms with van der Waals surface area (Å²) in [6, 6.07) is 21.8. The molecule has 1 aliphatic rings. The Bertz CT molecular complexity index is 825. The quantitative estimate of drug-likeness (QED) is 0.609. The largest absolute Gasteiger partial charge is 0.376 e. The zero-order valence-electron chi connectivity index (χ0n) is 17.1. The maximum absolute atomic E-state index is 13.0. The third kappa shape index (κ3) is 5.46. The van der Waals surface area contributed by atoms with Crippen LogP contribution in [0.15, 0.2) is 72.4 Å². The van der Waals surface area contributed by atoms with E-state index < -0.39 is 0 Å². The Morgan fingerprint density at radius 3 is 2.10 bits per heavy atom. The fourth-order valence-electron chi connectivity index (χ4n) is 3.71. The van der Waals surface area contributed by atoms with Gasteiger partial charge in [-0.3, -0.25) is 4.79 Å². The number of amides is 1. The molecule has 5 nitrogen and oxygen atoms in total. The number of likely N-dealkylation sites (tertiary alicyclic amines) is 1. The van der Waals surface area contributed by atoms with Gasteiger partial charge >= 0.3 is 0 Å². The van der Waals surface area contributed by atoms with E-state index in [9.17, 15) is 10.1 Å². The molecular weight excluding hydrogens is 360 g/mol. The van der Waals surface area contributed by atoms with Crippen molar-refractivity contribution in [1.82, 2.24) is 15.1 Å². The number of nitriles is 1. The van der Waals surface area contributed by atoms with E-state index in [2.05, 4.69) is 23.3 Å². The molecule has 150 valence electrons. The van der Waals surface area contributed by atoms with E-state index in [1.54, 1.807) is 6.20 Å². The van der Waals surface area contributed by atoms with Crippen LogP contribution in [-0.2, 0) is 4.79 Å². The van der Waals surface area contributed by atoms with Crippen LogP contribution >= 0.6 is 0 Å². The van der Waals surface area contributed by atoms with Gasteiger partial charge in [0.15, 0.2) is 0 Å². The Kier molecular flexibility index (Phi) is 7.04. The SMILES string of the molecule is CN1CCC(N(C)/C=C(/C#N)C(=O)NC(c2ccccc2)c2ccccc2)CC1. The number of carbonyl (C=O) groups excluding carboxylic acids is 1. The van der Waals surface area contributed by atoms with Gasteiger partial charge in [-0.15, -0.1) is 0 Å². The van der Waals surface area contributed by atoms with Crippen molar-refractivity contribution in [2.75, 3.05) is 27.2 Å². The van der Waals surface area contributed by atoms with Crippen LogP contribution in [0.1, 0.15) is 30.0 Å². The molecule has 0 saturated carbocycles. The average Bonchev–Trinajstić information content (AvgIpc) is 2.77. The molecule has 1 aliphatic heterocycles. The Balaban J connectivity index is 1.78. The molecule has 1 heterocycles. The van der Waals surface area contributed by atoms with E-state index in [1.165, 1.54) is 0 Å². The van der Waals surface area contributed by atoms with Crippen LogP contribution < -0.4 is 5.32 Å². The summed E-state index contributed by atoms with van der Waals surface area (Å²) in [5, 5.41) is 12.7. The molecule has 0 aromatic heterocycles. The number of rotatable bonds is 6. The molecule has 1 N–H and O–H groups in total. The maximum atomic E-state index is 13.0. The molecule has 0 atom stereocenters. The van der Waals surface area contributed by atoms with E-state index in [-0.39, 0.29) is 17.5 Å². The third-order valence-corrected chi connectivity index (χ3v) is 5.50. The maximum Gasteiger partial charge on any atom is 0.264 e. The lowest BCUT2D eigenvalue weighted by atomic mass is 9.98. The monoisotopic (exact) mass is 388 g/mol. The topological polar surface area (TPSA) is 59.4 Å². The van der Waals surface area contributed by atoms with Crippen molar-refractivity contribution >= 4 is 5.91 Å². The summed E-state index contributed by atoms with van der Waals surface area (Å²) in [5.74, 6) is -0.356. The van der Waals surface area contributed by atoms with Gasteiger partial charge in [-0.1, -0.05) is 60.7 Å². The van der Waals surface area contributed by atoms with Gasteiger partial charge in [0.25, 0.3) is 5.91 Å². The highest BCUT2D eigenvalue weighted by Crippen LogP contribution is 2.22. The van der Waals surface area contributed by atoms with Crippen molar-refractivity contribution in [1.29, 1.82) is 5.26 Å². The second-order valence-electron chi connectivity index (χ2n) is 7.58. The molecular formula is C24H28N4O. The lowest BCUT2D eigenvalue weighted by Crippen LogP contribution is -2.40. The number of hydrogen-bond acceptors (Lipinski definition) is 4. The Hall–Kier alpha value is -3.10. The second-order valence-corrected chi connectivity index (χ2v) is 7.58. The predicted molar refractivity (Wildman–Crippen MR) is 115 cm³/mol. The number of benzene rings is 2. The van der Waals surface area contributed by atoms with Crippen molar-refractivity contribution in [2.45, 2.75) is 24.9 Å². The van der Waals surface area contributed by atoms with E-state index in [0.29, 0.717) is 6.04 Å². The minimum Gasteiger partial charge on any atom is -0.376 e. The fraction of sp³-hybridized carbons (Fsp3) is 0.333. The van der Waals surface area contributed by atoms with Gasteiger partial charge in [0, 0.05) is 19.3 Å². The zero-order valence-corrected chi connectivity index (χ0v) is 17.1. The van der Waals surface area contributed by atoms with Crippen LogP contribution in [-0.4, -0.2) is 48.9 Å². The van der Waals surface area contributed by atoms with E-state index >= 15 is 0 Å². The first kappa shape index (κ1) is 20.6.